The first kappa shape index (κ1) is 19.3. The smallest absolute Gasteiger partial charge is 0.217 e. The van der Waals surface area contributed by atoms with E-state index in [4.69, 9.17) is 9.47 Å². The van der Waals surface area contributed by atoms with E-state index in [1.807, 2.05) is 30.5 Å². The van der Waals surface area contributed by atoms with Crippen molar-refractivity contribution in [2.24, 2.45) is 0 Å². The van der Waals surface area contributed by atoms with Crippen molar-refractivity contribution < 1.29 is 19.4 Å². The molecule has 1 aliphatic rings. The predicted octanol–water partition coefficient (Wildman–Crippen LogP) is 1.39. The zero-order valence-electron chi connectivity index (χ0n) is 15.7. The van der Waals surface area contributed by atoms with Gasteiger partial charge in [0.2, 0.25) is 5.91 Å². The highest BCUT2D eigenvalue weighted by Crippen LogP contribution is 2.24. The fraction of sp³-hybridized carbons (Fsp3) is 0.526. The average molecular weight is 374 g/mol. The van der Waals surface area contributed by atoms with E-state index < -0.39 is 0 Å². The van der Waals surface area contributed by atoms with Crippen LogP contribution in [0.3, 0.4) is 0 Å². The van der Waals surface area contributed by atoms with Crippen molar-refractivity contribution in [2.45, 2.75) is 51.0 Å². The van der Waals surface area contributed by atoms with E-state index >= 15 is 0 Å². The molecule has 0 bridgehead atoms. The number of carbonyl (C=O) groups is 1. The molecule has 1 aromatic heterocycles. The Morgan fingerprint density at radius 2 is 2.30 bits per heavy atom. The normalized spacial score (nSPS) is 22.4. The molecular weight excluding hydrogens is 348 g/mol. The van der Waals surface area contributed by atoms with Crippen LogP contribution in [-0.2, 0) is 16.1 Å². The number of ether oxygens (including phenoxy) is 2. The van der Waals surface area contributed by atoms with Gasteiger partial charge in [-0.25, -0.2) is 0 Å². The minimum absolute atomic E-state index is 0.0247. The Kier molecular flexibility index (Phi) is 6.41. The monoisotopic (exact) mass is 374 g/mol. The van der Waals surface area contributed by atoms with Crippen molar-refractivity contribution in [3.05, 3.63) is 30.5 Å². The standard InChI is InChI=1S/C19H26N4O4/c1-13(25)20-17-7-6-15(27-19(17)12-24)8-9-23-11-18(21-22-23)14-4-3-5-16(10-14)26-2/h3-5,10-11,15,17,19,24H,6-9,12H2,1-2H3,(H,20,25)/t15-,17+,19-/m0/s1. The third kappa shape index (κ3) is 5.05. The van der Waals surface area contributed by atoms with Crippen molar-refractivity contribution in [3.63, 3.8) is 0 Å². The Hall–Kier alpha value is -2.45. The number of nitrogens with zero attached hydrogens (tertiary/aromatic N) is 3. The molecule has 2 N–H and O–H groups in total. The van der Waals surface area contributed by atoms with Crippen LogP contribution in [0.25, 0.3) is 11.3 Å². The van der Waals surface area contributed by atoms with Crippen LogP contribution in [0.5, 0.6) is 5.75 Å². The van der Waals surface area contributed by atoms with Gasteiger partial charge in [-0.2, -0.15) is 0 Å². The highest BCUT2D eigenvalue weighted by molar-refractivity contribution is 5.73. The zero-order valence-corrected chi connectivity index (χ0v) is 15.7. The lowest BCUT2D eigenvalue weighted by Gasteiger charge is -2.36. The molecule has 1 fully saturated rings. The van der Waals surface area contributed by atoms with Gasteiger partial charge < -0.3 is 19.9 Å². The summed E-state index contributed by atoms with van der Waals surface area (Å²) in [5, 5.41) is 20.8. The van der Waals surface area contributed by atoms with Gasteiger partial charge >= 0.3 is 0 Å². The second kappa shape index (κ2) is 8.96. The van der Waals surface area contributed by atoms with E-state index in [-0.39, 0.29) is 30.8 Å². The van der Waals surface area contributed by atoms with Crippen LogP contribution < -0.4 is 10.1 Å². The van der Waals surface area contributed by atoms with E-state index in [0.717, 1.165) is 36.3 Å². The molecule has 3 rings (SSSR count). The van der Waals surface area contributed by atoms with Crippen molar-refractivity contribution in [3.8, 4) is 17.0 Å². The van der Waals surface area contributed by atoms with E-state index in [2.05, 4.69) is 15.6 Å². The van der Waals surface area contributed by atoms with Gasteiger partial charge in [0.25, 0.3) is 0 Å². The number of aliphatic hydroxyl groups is 1. The Labute approximate surface area is 158 Å². The largest absolute Gasteiger partial charge is 0.497 e. The minimum atomic E-state index is -0.365. The molecule has 1 amide bonds. The first-order valence-electron chi connectivity index (χ1n) is 9.17. The molecule has 0 unspecified atom stereocenters. The molecule has 1 aliphatic heterocycles. The maximum Gasteiger partial charge on any atom is 0.217 e. The third-order valence-electron chi connectivity index (χ3n) is 4.77. The van der Waals surface area contributed by atoms with Gasteiger partial charge in [-0.1, -0.05) is 17.3 Å². The number of amides is 1. The fourth-order valence-electron chi connectivity index (χ4n) is 3.37. The first-order valence-corrected chi connectivity index (χ1v) is 9.17. The van der Waals surface area contributed by atoms with Crippen LogP contribution in [0.15, 0.2) is 30.5 Å². The molecule has 0 saturated carbocycles. The number of aliphatic hydroxyl groups excluding tert-OH is 1. The lowest BCUT2D eigenvalue weighted by Crippen LogP contribution is -2.50. The summed E-state index contributed by atoms with van der Waals surface area (Å²) in [5.41, 5.74) is 1.74. The van der Waals surface area contributed by atoms with Crippen LogP contribution in [-0.4, -0.2) is 58.0 Å². The molecule has 1 saturated heterocycles. The molecule has 27 heavy (non-hydrogen) atoms. The molecule has 2 heterocycles. The van der Waals surface area contributed by atoms with Crippen LogP contribution in [0.1, 0.15) is 26.2 Å². The molecule has 0 aliphatic carbocycles. The lowest BCUT2D eigenvalue weighted by atomic mass is 9.97. The Balaban J connectivity index is 1.55. The number of rotatable bonds is 7. The van der Waals surface area contributed by atoms with Gasteiger partial charge in [0.15, 0.2) is 0 Å². The van der Waals surface area contributed by atoms with E-state index in [1.165, 1.54) is 6.92 Å². The molecule has 146 valence electrons. The van der Waals surface area contributed by atoms with E-state index in [1.54, 1.807) is 11.8 Å². The molecule has 8 heteroatoms. The number of methoxy groups -OCH3 is 1. The highest BCUT2D eigenvalue weighted by Gasteiger charge is 2.31. The van der Waals surface area contributed by atoms with Gasteiger partial charge in [0.1, 0.15) is 17.5 Å². The van der Waals surface area contributed by atoms with Crippen LogP contribution >= 0.6 is 0 Å². The van der Waals surface area contributed by atoms with Crippen LogP contribution in [0.4, 0.5) is 0 Å². The lowest BCUT2D eigenvalue weighted by molar-refractivity contribution is -0.126. The maximum absolute atomic E-state index is 11.3. The van der Waals surface area contributed by atoms with Crippen molar-refractivity contribution >= 4 is 5.91 Å². The summed E-state index contributed by atoms with van der Waals surface area (Å²) in [6.45, 7) is 2.04. The van der Waals surface area contributed by atoms with Gasteiger partial charge in [-0.3, -0.25) is 9.48 Å². The summed E-state index contributed by atoms with van der Waals surface area (Å²) in [7, 11) is 1.64. The van der Waals surface area contributed by atoms with Gasteiger partial charge in [0, 0.05) is 19.0 Å². The summed E-state index contributed by atoms with van der Waals surface area (Å²) in [4.78, 5) is 11.3. The molecule has 3 atom stereocenters. The van der Waals surface area contributed by atoms with E-state index in [0.29, 0.717) is 6.54 Å². The number of nitrogens with one attached hydrogen (secondary N) is 1. The van der Waals surface area contributed by atoms with Gasteiger partial charge in [0.05, 0.1) is 32.1 Å². The minimum Gasteiger partial charge on any atom is -0.497 e. The van der Waals surface area contributed by atoms with Crippen LogP contribution in [0, 0.1) is 0 Å². The summed E-state index contributed by atoms with van der Waals surface area (Å²) in [5.74, 6) is 0.676. The number of aromatic nitrogens is 3. The summed E-state index contributed by atoms with van der Waals surface area (Å²) >= 11 is 0. The van der Waals surface area contributed by atoms with Crippen molar-refractivity contribution in [1.82, 2.24) is 20.3 Å². The third-order valence-corrected chi connectivity index (χ3v) is 4.77. The molecule has 2 aromatic rings. The number of carbonyl (C=O) groups excluding carboxylic acids is 1. The second-order valence-corrected chi connectivity index (χ2v) is 6.75. The zero-order chi connectivity index (χ0) is 19.2. The number of hydrogen-bond donors (Lipinski definition) is 2. The van der Waals surface area contributed by atoms with Gasteiger partial charge in [-0.15, -0.1) is 5.10 Å². The topological polar surface area (TPSA) is 98.5 Å². The first-order chi connectivity index (χ1) is 13.1. The molecule has 0 spiro atoms. The quantitative estimate of drug-likeness (QED) is 0.760. The van der Waals surface area contributed by atoms with E-state index in [9.17, 15) is 9.90 Å². The second-order valence-electron chi connectivity index (χ2n) is 6.75. The molecule has 8 nitrogen and oxygen atoms in total. The molecule has 1 aromatic carbocycles. The maximum atomic E-state index is 11.3. The molecular formula is C19H26N4O4. The van der Waals surface area contributed by atoms with Gasteiger partial charge in [-0.05, 0) is 31.4 Å². The SMILES string of the molecule is COc1cccc(-c2cn(CC[C@@H]3CC[C@@H](NC(C)=O)[C@H](CO)O3)nn2)c1. The number of hydrogen-bond acceptors (Lipinski definition) is 6. The fourth-order valence-corrected chi connectivity index (χ4v) is 3.37. The molecule has 0 radical (unpaired) electrons. The van der Waals surface area contributed by atoms with Crippen LogP contribution in [0.2, 0.25) is 0 Å². The number of aryl methyl sites for hydroxylation is 1. The Morgan fingerprint density at radius 1 is 1.44 bits per heavy atom. The summed E-state index contributed by atoms with van der Waals surface area (Å²) in [6, 6.07) is 7.57. The highest BCUT2D eigenvalue weighted by atomic mass is 16.5. The summed E-state index contributed by atoms with van der Waals surface area (Å²) < 4.78 is 13.0. The van der Waals surface area contributed by atoms with Crippen molar-refractivity contribution in [2.75, 3.05) is 13.7 Å². The number of benzene rings is 1. The average Bonchev–Trinajstić information content (AvgIpc) is 3.16. The van der Waals surface area contributed by atoms with Crippen molar-refractivity contribution in [1.29, 1.82) is 0 Å². The Bertz CT molecular complexity index is 764. The summed E-state index contributed by atoms with van der Waals surface area (Å²) in [6.07, 6.45) is 3.96. The Morgan fingerprint density at radius 3 is 3.04 bits per heavy atom. The predicted molar refractivity (Wildman–Crippen MR) is 99.2 cm³/mol.